The van der Waals surface area contributed by atoms with Gasteiger partial charge in [0.2, 0.25) is 35.4 Å². The number of hydrogen-bond acceptors (Lipinski definition) is 28. The molecule has 0 spiro atoms. The number of methoxy groups -OCH3 is 2. The zero-order valence-corrected chi connectivity index (χ0v) is 66.1. The summed E-state index contributed by atoms with van der Waals surface area (Å²) in [6, 6.07) is 27.0. The summed E-state index contributed by atoms with van der Waals surface area (Å²) in [5.74, 6) is -6.04. The molecule has 2 fully saturated rings. The Morgan fingerprint density at radius 3 is 1.35 bits per heavy atom. The minimum atomic E-state index is -1.35. The number of aliphatic hydroxyl groups excluding tert-OH is 1. The van der Waals surface area contributed by atoms with Crippen LogP contribution in [0.4, 0.5) is 5.69 Å². The highest BCUT2D eigenvalue weighted by Crippen LogP contribution is 2.43. The van der Waals surface area contributed by atoms with Crippen molar-refractivity contribution in [3.8, 4) is 11.5 Å². The lowest BCUT2D eigenvalue weighted by molar-refractivity contribution is -0.279. The first-order valence-electron chi connectivity index (χ1n) is 37.7. The van der Waals surface area contributed by atoms with E-state index in [1.165, 1.54) is 13.8 Å². The summed E-state index contributed by atoms with van der Waals surface area (Å²) in [7, 11) is 3.21. The second kappa shape index (κ2) is 48.8. The van der Waals surface area contributed by atoms with Gasteiger partial charge in [-0.1, -0.05) is 86.3 Å². The molecule has 4 aromatic rings. The summed E-state index contributed by atoms with van der Waals surface area (Å²) in [6.45, 7) is 7.33. The van der Waals surface area contributed by atoms with Gasteiger partial charge in [0.25, 0.3) is 0 Å². The van der Waals surface area contributed by atoms with Crippen molar-refractivity contribution in [1.82, 2.24) is 26.6 Å². The molecule has 6 amide bonds. The summed E-state index contributed by atoms with van der Waals surface area (Å²) in [4.78, 5) is 151. The van der Waals surface area contributed by atoms with Crippen LogP contribution in [0.5, 0.6) is 11.5 Å². The summed E-state index contributed by atoms with van der Waals surface area (Å²) in [5, 5.41) is 26.8. The Balaban J connectivity index is 1.00. The topological polar surface area (TPSA) is 436 Å². The smallest absolute Gasteiger partial charge is 0.303 e. The number of unbranched alkanes of at least 4 members (excludes halogenated alkanes) is 5. The number of esters is 6. The zero-order chi connectivity index (χ0) is 83.1. The Labute approximate surface area is 662 Å². The summed E-state index contributed by atoms with van der Waals surface area (Å²) < 4.78 is 85.5. The molecule has 4 aromatic carbocycles. The summed E-state index contributed by atoms with van der Waals surface area (Å²) in [6.07, 6.45) is -6.54. The van der Waals surface area contributed by atoms with Crippen molar-refractivity contribution >= 4 is 76.9 Å². The maximum Gasteiger partial charge on any atom is 0.303 e. The minimum absolute atomic E-state index is 0.000144. The number of ether oxygens (including phenoxy) is 15. The molecule has 0 bridgehead atoms. The number of hydrogen-bond donors (Lipinski definition) is 7. The van der Waals surface area contributed by atoms with Gasteiger partial charge in [-0.2, -0.15) is 0 Å². The van der Waals surface area contributed by atoms with Crippen LogP contribution in [-0.2, 0) is 138 Å². The molecule has 2 saturated heterocycles. The number of anilines is 1. The van der Waals surface area contributed by atoms with Crippen molar-refractivity contribution in [3.63, 3.8) is 0 Å². The molecule has 0 radical (unpaired) electrons. The van der Waals surface area contributed by atoms with E-state index >= 15 is 0 Å². The van der Waals surface area contributed by atoms with Crippen LogP contribution in [-0.4, -0.2) is 224 Å². The van der Waals surface area contributed by atoms with Gasteiger partial charge < -0.3 is 108 Å². The van der Waals surface area contributed by atoms with Crippen LogP contribution in [0.1, 0.15) is 147 Å². The highest BCUT2D eigenvalue weighted by molar-refractivity contribution is 5.91. The van der Waals surface area contributed by atoms with E-state index in [1.54, 1.807) is 20.3 Å². The number of nitrogens with one attached hydrogen (secondary N) is 6. The lowest BCUT2D eigenvalue weighted by Gasteiger charge is -2.44. The molecular formula is C80H108N6O28. The number of carbonyl (C=O) groups is 12. The molecule has 626 valence electrons. The molecule has 0 saturated carbocycles. The third kappa shape index (κ3) is 31.3. The third-order valence-electron chi connectivity index (χ3n) is 17.8. The van der Waals surface area contributed by atoms with Gasteiger partial charge in [-0.3, -0.25) is 57.5 Å². The van der Waals surface area contributed by atoms with Gasteiger partial charge in [0.15, 0.2) is 37.0 Å². The maximum absolute atomic E-state index is 13.8. The van der Waals surface area contributed by atoms with E-state index < -0.39 is 151 Å². The Hall–Kier alpha value is -10.2. The molecule has 0 aromatic heterocycles. The van der Waals surface area contributed by atoms with Crippen molar-refractivity contribution in [1.29, 1.82) is 0 Å². The van der Waals surface area contributed by atoms with Crippen molar-refractivity contribution in [2.45, 2.75) is 206 Å². The fourth-order valence-electron chi connectivity index (χ4n) is 12.8. The predicted octanol–water partition coefficient (Wildman–Crippen LogP) is 4.64. The van der Waals surface area contributed by atoms with Gasteiger partial charge in [0.1, 0.15) is 60.6 Å². The van der Waals surface area contributed by atoms with Crippen LogP contribution in [0.2, 0.25) is 0 Å². The van der Waals surface area contributed by atoms with E-state index in [0.29, 0.717) is 47.6 Å². The molecule has 34 heteroatoms. The standard InChI is InChI=1S/C80H108N6O28/c1-49(88)83-71-75(111-55(7)94)73(109-53(5)92)66(47-106-51(3)90)113-78(71)104-40-38-102-36-34-81-68(96)33-32-65(77(99)82-35-37-103-39-41-105-79-72(84-50(2)89)76(112-56(8)95)74(110-54(6)93)67(114-79)48-107-52(4)91)86-70(98)23-19-14-12-11-13-18-22-69(97)85-62-43-57(45-87)42-58(44-62)46-108-80(59-20-16-15-17-21-59,60-24-28-63(100-9)29-25-60)61-26-30-64(101-10)31-27-61/h15-17,20-21,24-31,42-44,65-67,71-76,78-79,87H,11-14,18-19,22-23,32-41,45-48H2,1-10H3,(H,81,96)(H,82,99)(H,83,88)(H,84,89)(H,85,97)(H,86,98)/t65-,66-,67-,71-,72-,73+,74+,75-,76-,78?,79?/m1/s1. The highest BCUT2D eigenvalue weighted by atomic mass is 16.7. The Bertz CT molecular complexity index is 3730. The van der Waals surface area contributed by atoms with E-state index in [-0.39, 0.29) is 97.5 Å². The van der Waals surface area contributed by atoms with Crippen molar-refractivity contribution < 1.29 is 134 Å². The number of benzene rings is 4. The molecule has 11 atom stereocenters. The number of amides is 6. The zero-order valence-electron chi connectivity index (χ0n) is 66.1. The lowest BCUT2D eigenvalue weighted by atomic mass is 9.80. The first-order valence-corrected chi connectivity index (χ1v) is 37.7. The van der Waals surface area contributed by atoms with Crippen LogP contribution in [0.25, 0.3) is 0 Å². The molecular weight excluding hydrogens is 1490 g/mol. The fourth-order valence-corrected chi connectivity index (χ4v) is 12.8. The van der Waals surface area contributed by atoms with Crippen LogP contribution in [0, 0.1) is 0 Å². The first kappa shape index (κ1) is 92.7. The molecule has 0 aliphatic carbocycles. The predicted molar refractivity (Wildman–Crippen MR) is 404 cm³/mol. The SMILES string of the molecule is COc1ccc(C(OCc2cc(CO)cc(NC(=O)CCCCCCCCC(=O)N[C@H](CCC(=O)NCCOCCOC3O[C@H](COC(C)=O)[C@H](OC(C)=O)[C@H](OC(C)=O)[C@H]3NC(C)=O)C(=O)NCCOCCOC3O[C@H](COC(C)=O)[C@H](OC(C)=O)[C@H](OC(C)=O)[C@H]3NC(C)=O)c2)(c2ccccc2)c2ccc(OC)cc2)cc1. The minimum Gasteiger partial charge on any atom is -0.497 e. The van der Waals surface area contributed by atoms with E-state index in [0.717, 1.165) is 77.5 Å². The second-order valence-electron chi connectivity index (χ2n) is 26.9. The Morgan fingerprint density at radius 1 is 0.465 bits per heavy atom. The number of carbonyl (C=O) groups excluding carboxylic acids is 12. The maximum atomic E-state index is 13.8. The van der Waals surface area contributed by atoms with Gasteiger partial charge in [0.05, 0.1) is 67.1 Å². The lowest BCUT2D eigenvalue weighted by Crippen LogP contribution is -2.66. The average molecular weight is 1600 g/mol. The van der Waals surface area contributed by atoms with Gasteiger partial charge in [-0.15, -0.1) is 0 Å². The molecule has 2 unspecified atom stereocenters. The molecule has 2 aliphatic heterocycles. The van der Waals surface area contributed by atoms with Crippen molar-refractivity contribution in [3.05, 3.63) is 125 Å². The molecule has 7 N–H and O–H groups in total. The second-order valence-corrected chi connectivity index (χ2v) is 26.9. The number of rotatable bonds is 48. The molecule has 114 heavy (non-hydrogen) atoms. The monoisotopic (exact) mass is 1600 g/mol. The number of aliphatic hydroxyl groups is 1. The van der Waals surface area contributed by atoms with E-state index in [1.807, 2.05) is 91.0 Å². The highest BCUT2D eigenvalue weighted by Gasteiger charge is 2.53. The van der Waals surface area contributed by atoms with Crippen LogP contribution >= 0.6 is 0 Å². The van der Waals surface area contributed by atoms with Crippen LogP contribution < -0.4 is 41.4 Å². The third-order valence-corrected chi connectivity index (χ3v) is 17.8. The Morgan fingerprint density at radius 2 is 0.904 bits per heavy atom. The van der Waals surface area contributed by atoms with Gasteiger partial charge in [0, 0.05) is 93.4 Å². The van der Waals surface area contributed by atoms with E-state index in [2.05, 4.69) is 31.9 Å². The van der Waals surface area contributed by atoms with Crippen LogP contribution in [0.15, 0.2) is 97.1 Å². The van der Waals surface area contributed by atoms with Gasteiger partial charge in [-0.05, 0) is 83.5 Å². The Kier molecular flexibility index (Phi) is 39.6. The van der Waals surface area contributed by atoms with Crippen molar-refractivity contribution in [2.24, 2.45) is 0 Å². The molecule has 2 heterocycles. The molecule has 6 rings (SSSR count). The average Bonchev–Trinajstić information content (AvgIpc) is 0.743. The largest absolute Gasteiger partial charge is 0.497 e. The summed E-state index contributed by atoms with van der Waals surface area (Å²) in [5.41, 5.74) is 3.22. The van der Waals surface area contributed by atoms with E-state index in [4.69, 9.17) is 71.1 Å². The quantitative estimate of drug-likeness (QED) is 0.0137. The molecule has 34 nitrogen and oxygen atoms in total. The summed E-state index contributed by atoms with van der Waals surface area (Å²) >= 11 is 0. The van der Waals surface area contributed by atoms with Gasteiger partial charge >= 0.3 is 35.8 Å². The van der Waals surface area contributed by atoms with E-state index in [9.17, 15) is 62.6 Å². The fraction of sp³-hybridized carbons (Fsp3) is 0.550. The van der Waals surface area contributed by atoms with Crippen molar-refractivity contribution in [2.75, 3.05) is 85.5 Å². The van der Waals surface area contributed by atoms with Gasteiger partial charge in [-0.25, -0.2) is 0 Å². The molecule has 2 aliphatic rings. The normalized spacial score (nSPS) is 19.4. The van der Waals surface area contributed by atoms with Crippen LogP contribution in [0.3, 0.4) is 0 Å². The first-order chi connectivity index (χ1) is 54.6.